The number of aliphatic hydroxyl groups excluding tert-OH is 1. The summed E-state index contributed by atoms with van der Waals surface area (Å²) in [5.74, 6) is 1.21. The minimum absolute atomic E-state index is 0.0164. The molecule has 120 valence electrons. The summed E-state index contributed by atoms with van der Waals surface area (Å²) in [6.07, 6.45) is 6.38. The molecule has 5 rings (SSSR count). The van der Waals surface area contributed by atoms with Crippen LogP contribution in [0.2, 0.25) is 0 Å². The molecule has 4 heteroatoms. The molecule has 4 saturated carbocycles. The third kappa shape index (κ3) is 1.99. The molecule has 4 nitrogen and oxygen atoms in total. The van der Waals surface area contributed by atoms with Crippen molar-refractivity contribution >= 4 is 0 Å². The van der Waals surface area contributed by atoms with Crippen LogP contribution in [0.5, 0.6) is 0 Å². The van der Waals surface area contributed by atoms with Gasteiger partial charge in [-0.25, -0.2) is 0 Å². The van der Waals surface area contributed by atoms with Gasteiger partial charge in [0.2, 0.25) is 0 Å². The molecule has 4 aliphatic carbocycles. The zero-order chi connectivity index (χ0) is 16.9. The minimum Gasteiger partial charge on any atom is -0.396 e. The predicted molar refractivity (Wildman–Crippen MR) is 86.5 cm³/mol. The molecule has 1 aromatic rings. The molecule has 2 unspecified atom stereocenters. The summed E-state index contributed by atoms with van der Waals surface area (Å²) >= 11 is 0. The van der Waals surface area contributed by atoms with E-state index in [1.165, 1.54) is 6.42 Å². The Bertz CT molecular complexity index is 822. The number of hydrogen-bond donors (Lipinski definition) is 1. The summed E-state index contributed by atoms with van der Waals surface area (Å²) in [5, 5.41) is 38.3. The highest BCUT2D eigenvalue weighted by Gasteiger charge is 2.58. The van der Waals surface area contributed by atoms with Gasteiger partial charge in [-0.05, 0) is 78.9 Å². The van der Waals surface area contributed by atoms with Crippen LogP contribution in [0.15, 0.2) is 12.1 Å². The molecule has 0 heterocycles. The molecule has 4 fully saturated rings. The number of hydrogen-bond acceptors (Lipinski definition) is 4. The number of rotatable bonds is 2. The normalized spacial score (nSPS) is 35.9. The lowest BCUT2D eigenvalue weighted by molar-refractivity contribution is -0.0961. The monoisotopic (exact) mass is 317 g/mol. The van der Waals surface area contributed by atoms with Crippen molar-refractivity contribution in [3.63, 3.8) is 0 Å². The van der Waals surface area contributed by atoms with Gasteiger partial charge in [0.1, 0.15) is 12.1 Å². The SMILES string of the molecule is N#Cc1cc(C#N)c(C23C[C@@H]4C[C@@H](CC(CO)(C4)C2)C3)cc1C#N. The molecule has 0 aliphatic heterocycles. The fourth-order valence-electron chi connectivity index (χ4n) is 6.27. The lowest BCUT2D eigenvalue weighted by atomic mass is 9.43. The standard InChI is InChI=1S/C20H19N3O/c21-8-15-2-17(10-23)18(3-16(15)9-22)20-6-13-1-14(7-20)5-19(4-13,11-20)12-24/h2-3,13-14,24H,1,4-7,11-12H2/t13-,14+,19?,20?. The Hall–Kier alpha value is -2.35. The highest BCUT2D eigenvalue weighted by molar-refractivity contribution is 5.56. The van der Waals surface area contributed by atoms with Gasteiger partial charge in [-0.1, -0.05) is 0 Å². The van der Waals surface area contributed by atoms with E-state index in [-0.39, 0.29) is 23.0 Å². The predicted octanol–water partition coefficient (Wildman–Crippen LogP) is 3.13. The quantitative estimate of drug-likeness (QED) is 0.907. The van der Waals surface area contributed by atoms with Gasteiger partial charge < -0.3 is 5.11 Å². The summed E-state index contributed by atoms with van der Waals surface area (Å²) in [6, 6.07) is 9.76. The maximum Gasteiger partial charge on any atom is 0.101 e. The van der Waals surface area contributed by atoms with Gasteiger partial charge in [-0.15, -0.1) is 0 Å². The number of nitriles is 3. The van der Waals surface area contributed by atoms with E-state index < -0.39 is 0 Å². The van der Waals surface area contributed by atoms with Crippen molar-refractivity contribution in [1.29, 1.82) is 15.8 Å². The van der Waals surface area contributed by atoms with Gasteiger partial charge in [0, 0.05) is 6.61 Å². The van der Waals surface area contributed by atoms with Gasteiger partial charge in [-0.3, -0.25) is 0 Å². The van der Waals surface area contributed by atoms with Crippen LogP contribution < -0.4 is 0 Å². The molecule has 0 spiro atoms. The van der Waals surface area contributed by atoms with Crippen molar-refractivity contribution in [3.8, 4) is 18.2 Å². The summed E-state index contributed by atoms with van der Waals surface area (Å²) in [4.78, 5) is 0. The van der Waals surface area contributed by atoms with Crippen molar-refractivity contribution in [1.82, 2.24) is 0 Å². The Morgan fingerprint density at radius 1 is 0.917 bits per heavy atom. The molecule has 4 aliphatic rings. The molecule has 0 radical (unpaired) electrons. The number of aliphatic hydroxyl groups is 1. The van der Waals surface area contributed by atoms with Crippen LogP contribution in [0, 0.1) is 51.2 Å². The summed E-state index contributed by atoms with van der Waals surface area (Å²) < 4.78 is 0. The average molecular weight is 317 g/mol. The first-order chi connectivity index (χ1) is 11.6. The fourth-order valence-corrected chi connectivity index (χ4v) is 6.27. The zero-order valence-electron chi connectivity index (χ0n) is 13.5. The van der Waals surface area contributed by atoms with Crippen LogP contribution in [0.25, 0.3) is 0 Å². The van der Waals surface area contributed by atoms with Crippen molar-refractivity contribution < 1.29 is 5.11 Å². The summed E-state index contributed by atoms with van der Waals surface area (Å²) in [6.45, 7) is 0.213. The fraction of sp³-hybridized carbons (Fsp3) is 0.550. The number of benzene rings is 1. The van der Waals surface area contributed by atoms with Crippen molar-refractivity contribution in [3.05, 3.63) is 34.4 Å². The smallest absolute Gasteiger partial charge is 0.101 e. The van der Waals surface area contributed by atoms with Crippen LogP contribution in [-0.4, -0.2) is 11.7 Å². The maximum atomic E-state index is 10.0. The molecule has 0 amide bonds. The van der Waals surface area contributed by atoms with E-state index in [4.69, 9.17) is 0 Å². The van der Waals surface area contributed by atoms with Gasteiger partial charge in [0.15, 0.2) is 0 Å². The largest absolute Gasteiger partial charge is 0.396 e. The Kier molecular flexibility index (Phi) is 3.21. The van der Waals surface area contributed by atoms with E-state index in [0.29, 0.717) is 23.0 Å². The van der Waals surface area contributed by atoms with Gasteiger partial charge in [-0.2, -0.15) is 15.8 Å². The van der Waals surface area contributed by atoms with Crippen LogP contribution in [-0.2, 0) is 5.41 Å². The molecular weight excluding hydrogens is 298 g/mol. The maximum absolute atomic E-state index is 10.0. The molecule has 1 N–H and O–H groups in total. The van der Waals surface area contributed by atoms with E-state index in [1.807, 2.05) is 6.07 Å². The summed E-state index contributed by atoms with van der Waals surface area (Å²) in [5.41, 5.74) is 1.97. The van der Waals surface area contributed by atoms with Crippen LogP contribution >= 0.6 is 0 Å². The number of nitrogens with zero attached hydrogens (tertiary/aromatic N) is 3. The average Bonchev–Trinajstić information content (AvgIpc) is 2.59. The Labute approximate surface area is 141 Å². The first-order valence-corrected chi connectivity index (χ1v) is 8.57. The third-order valence-electron chi connectivity index (χ3n) is 6.61. The van der Waals surface area contributed by atoms with Crippen LogP contribution in [0.3, 0.4) is 0 Å². The van der Waals surface area contributed by atoms with E-state index in [2.05, 4.69) is 12.1 Å². The van der Waals surface area contributed by atoms with Crippen molar-refractivity contribution in [2.45, 2.75) is 43.9 Å². The second kappa shape index (κ2) is 5.07. The highest BCUT2D eigenvalue weighted by atomic mass is 16.3. The topological polar surface area (TPSA) is 91.6 Å². The lowest BCUT2D eigenvalue weighted by Gasteiger charge is -2.62. The second-order valence-electron chi connectivity index (χ2n) is 8.18. The molecule has 0 aromatic heterocycles. The lowest BCUT2D eigenvalue weighted by Crippen LogP contribution is -2.55. The van der Waals surface area contributed by atoms with E-state index in [9.17, 15) is 20.9 Å². The second-order valence-corrected chi connectivity index (χ2v) is 8.18. The van der Waals surface area contributed by atoms with Crippen molar-refractivity contribution in [2.75, 3.05) is 6.61 Å². The van der Waals surface area contributed by atoms with Crippen LogP contribution in [0.4, 0.5) is 0 Å². The minimum atomic E-state index is -0.114. The van der Waals surface area contributed by atoms with E-state index >= 15 is 0 Å². The zero-order valence-corrected chi connectivity index (χ0v) is 13.5. The molecule has 24 heavy (non-hydrogen) atoms. The molecule has 4 bridgehead atoms. The molecular formula is C20H19N3O. The molecule has 4 atom stereocenters. The van der Waals surface area contributed by atoms with Crippen molar-refractivity contribution in [2.24, 2.45) is 17.3 Å². The van der Waals surface area contributed by atoms with Crippen LogP contribution in [0.1, 0.15) is 60.8 Å². The Morgan fingerprint density at radius 2 is 1.50 bits per heavy atom. The highest BCUT2D eigenvalue weighted by Crippen LogP contribution is 2.65. The molecule has 0 saturated heterocycles. The summed E-state index contributed by atoms with van der Waals surface area (Å²) in [7, 11) is 0. The first kappa shape index (κ1) is 15.2. The third-order valence-corrected chi connectivity index (χ3v) is 6.61. The van der Waals surface area contributed by atoms with Gasteiger partial charge in [0.05, 0.1) is 22.8 Å². The van der Waals surface area contributed by atoms with Gasteiger partial charge in [0.25, 0.3) is 0 Å². The van der Waals surface area contributed by atoms with E-state index in [0.717, 1.165) is 37.7 Å². The van der Waals surface area contributed by atoms with E-state index in [1.54, 1.807) is 12.1 Å². The Morgan fingerprint density at radius 3 is 2.04 bits per heavy atom. The molecule has 1 aromatic carbocycles. The van der Waals surface area contributed by atoms with Gasteiger partial charge >= 0.3 is 0 Å². The first-order valence-electron chi connectivity index (χ1n) is 8.57. The Balaban J connectivity index is 1.89.